The maximum atomic E-state index is 13.0. The molecule has 0 spiro atoms. The Hall–Kier alpha value is -2.47. The van der Waals surface area contributed by atoms with E-state index >= 15 is 0 Å². The van der Waals surface area contributed by atoms with Gasteiger partial charge < -0.3 is 19.5 Å². The van der Waals surface area contributed by atoms with Gasteiger partial charge in [-0.1, -0.05) is 11.6 Å². The third kappa shape index (κ3) is 5.26. The normalized spacial score (nSPS) is 11.6. The highest BCUT2D eigenvalue weighted by Crippen LogP contribution is 2.29. The summed E-state index contributed by atoms with van der Waals surface area (Å²) in [6.45, 7) is 1.98. The molecule has 0 saturated heterocycles. The number of nitrogens with one attached hydrogen (secondary N) is 1. The Kier molecular flexibility index (Phi) is 7.09. The van der Waals surface area contributed by atoms with E-state index in [1.807, 2.05) is 13.0 Å². The Bertz CT molecular complexity index is 769. The highest BCUT2D eigenvalue weighted by molar-refractivity contribution is 6.32. The lowest BCUT2D eigenvalue weighted by atomic mass is 10.1. The maximum absolute atomic E-state index is 13.0. The predicted molar refractivity (Wildman–Crippen MR) is 97.6 cm³/mol. The number of carbonyl (C=O) groups is 1. The largest absolute Gasteiger partial charge is 0.497 e. The van der Waals surface area contributed by atoms with Crippen molar-refractivity contribution in [3.05, 3.63) is 52.8 Å². The first-order chi connectivity index (χ1) is 12.4. The van der Waals surface area contributed by atoms with Gasteiger partial charge in [0.1, 0.15) is 23.1 Å². The molecule has 0 aliphatic rings. The molecule has 26 heavy (non-hydrogen) atoms. The molecule has 5 nitrogen and oxygen atoms in total. The molecular formula is C19H21ClFNO4. The fourth-order valence-corrected chi connectivity index (χ4v) is 2.64. The maximum Gasteiger partial charge on any atom is 0.223 e. The first-order valence-corrected chi connectivity index (χ1v) is 8.41. The number of amides is 1. The molecule has 140 valence electrons. The molecule has 1 amide bonds. The summed E-state index contributed by atoms with van der Waals surface area (Å²) in [6, 6.07) is 8.96. The minimum Gasteiger partial charge on any atom is -0.497 e. The van der Waals surface area contributed by atoms with E-state index in [1.54, 1.807) is 26.4 Å². The van der Waals surface area contributed by atoms with E-state index < -0.39 is 5.82 Å². The highest BCUT2D eigenvalue weighted by Gasteiger charge is 2.15. The number of rotatable bonds is 8. The van der Waals surface area contributed by atoms with Crippen molar-refractivity contribution in [2.24, 2.45) is 0 Å². The van der Waals surface area contributed by atoms with Crippen LogP contribution in [-0.4, -0.2) is 26.7 Å². The molecule has 7 heteroatoms. The van der Waals surface area contributed by atoms with Crippen LogP contribution in [-0.2, 0) is 4.79 Å². The second-order valence-electron chi connectivity index (χ2n) is 5.57. The molecule has 2 aromatic carbocycles. The quantitative estimate of drug-likeness (QED) is 0.746. The number of methoxy groups -OCH3 is 2. The smallest absolute Gasteiger partial charge is 0.223 e. The topological polar surface area (TPSA) is 56.8 Å². The fourth-order valence-electron chi connectivity index (χ4n) is 2.42. The van der Waals surface area contributed by atoms with Gasteiger partial charge >= 0.3 is 0 Å². The summed E-state index contributed by atoms with van der Waals surface area (Å²) in [6.07, 6.45) is 0.129. The van der Waals surface area contributed by atoms with Crippen LogP contribution >= 0.6 is 11.6 Å². The van der Waals surface area contributed by atoms with Gasteiger partial charge in [-0.15, -0.1) is 0 Å². The molecule has 0 bridgehead atoms. The van der Waals surface area contributed by atoms with Crippen LogP contribution in [0.15, 0.2) is 36.4 Å². The van der Waals surface area contributed by atoms with E-state index in [4.69, 9.17) is 25.8 Å². The lowest BCUT2D eigenvalue weighted by molar-refractivity contribution is -0.122. The zero-order valence-corrected chi connectivity index (χ0v) is 15.6. The Morgan fingerprint density at radius 1 is 1.15 bits per heavy atom. The van der Waals surface area contributed by atoms with Crippen molar-refractivity contribution < 1.29 is 23.4 Å². The van der Waals surface area contributed by atoms with Crippen LogP contribution in [0.1, 0.15) is 24.9 Å². The van der Waals surface area contributed by atoms with Gasteiger partial charge in [0.2, 0.25) is 5.91 Å². The average molecular weight is 382 g/mol. The van der Waals surface area contributed by atoms with Gasteiger partial charge in [0.05, 0.1) is 38.3 Å². The lowest BCUT2D eigenvalue weighted by Gasteiger charge is -2.18. The van der Waals surface area contributed by atoms with Crippen molar-refractivity contribution in [2.75, 3.05) is 20.8 Å². The van der Waals surface area contributed by atoms with Crippen molar-refractivity contribution in [3.8, 4) is 17.2 Å². The van der Waals surface area contributed by atoms with Crippen molar-refractivity contribution in [1.29, 1.82) is 0 Å². The summed E-state index contributed by atoms with van der Waals surface area (Å²) < 4.78 is 29.0. The van der Waals surface area contributed by atoms with E-state index in [1.165, 1.54) is 12.1 Å². The van der Waals surface area contributed by atoms with E-state index in [2.05, 4.69) is 5.32 Å². The molecule has 0 heterocycles. The SMILES string of the molecule is COc1ccc(OC)c(C(C)NC(=O)CCOc2ccc(F)cc2Cl)c1. The number of hydrogen-bond acceptors (Lipinski definition) is 4. The summed E-state index contributed by atoms with van der Waals surface area (Å²) in [7, 11) is 3.15. The number of ether oxygens (including phenoxy) is 3. The van der Waals surface area contributed by atoms with E-state index in [-0.39, 0.29) is 30.0 Å². The number of hydrogen-bond donors (Lipinski definition) is 1. The van der Waals surface area contributed by atoms with Gasteiger partial charge in [-0.05, 0) is 43.3 Å². The second-order valence-corrected chi connectivity index (χ2v) is 5.98. The van der Waals surface area contributed by atoms with Crippen LogP contribution in [0.2, 0.25) is 5.02 Å². The Morgan fingerprint density at radius 2 is 1.88 bits per heavy atom. The molecule has 0 aliphatic carbocycles. The minimum atomic E-state index is -0.443. The van der Waals surface area contributed by atoms with Crippen LogP contribution in [0.25, 0.3) is 0 Å². The zero-order valence-electron chi connectivity index (χ0n) is 14.8. The Morgan fingerprint density at radius 3 is 2.54 bits per heavy atom. The van der Waals surface area contributed by atoms with E-state index in [0.717, 1.165) is 11.6 Å². The molecule has 0 aromatic heterocycles. The molecule has 1 N–H and O–H groups in total. The van der Waals surface area contributed by atoms with Crippen LogP contribution in [0.4, 0.5) is 4.39 Å². The third-order valence-corrected chi connectivity index (χ3v) is 4.06. The Balaban J connectivity index is 1.91. The number of carbonyl (C=O) groups excluding carboxylic acids is 1. The first-order valence-electron chi connectivity index (χ1n) is 8.03. The van der Waals surface area contributed by atoms with Gasteiger partial charge in [0.15, 0.2) is 0 Å². The summed E-state index contributed by atoms with van der Waals surface area (Å²) in [5, 5.41) is 3.05. The third-order valence-electron chi connectivity index (χ3n) is 3.76. The van der Waals surface area contributed by atoms with Crippen LogP contribution in [0.5, 0.6) is 17.2 Å². The zero-order chi connectivity index (χ0) is 19.1. The molecule has 1 unspecified atom stereocenters. The predicted octanol–water partition coefficient (Wildman–Crippen LogP) is 4.14. The number of halogens is 2. The first kappa shape index (κ1) is 19.8. The standard InChI is InChI=1S/C19H21ClFNO4/c1-12(15-11-14(24-2)5-7-17(15)25-3)22-19(23)8-9-26-18-6-4-13(21)10-16(18)20/h4-7,10-12H,8-9H2,1-3H3,(H,22,23). The second kappa shape index (κ2) is 9.29. The van der Waals surface area contributed by atoms with Crippen LogP contribution in [0, 0.1) is 5.82 Å². The van der Waals surface area contributed by atoms with Crippen molar-refractivity contribution in [1.82, 2.24) is 5.32 Å². The molecule has 0 saturated carbocycles. The molecule has 1 atom stereocenters. The van der Waals surface area contributed by atoms with Gasteiger partial charge in [0, 0.05) is 5.56 Å². The fraction of sp³-hybridized carbons (Fsp3) is 0.316. The molecule has 0 fully saturated rings. The van der Waals surface area contributed by atoms with Gasteiger partial charge in [0.25, 0.3) is 0 Å². The molecule has 2 aromatic rings. The molecule has 0 aliphatic heterocycles. The van der Waals surface area contributed by atoms with E-state index in [9.17, 15) is 9.18 Å². The van der Waals surface area contributed by atoms with Gasteiger partial charge in [-0.2, -0.15) is 0 Å². The molecular weight excluding hydrogens is 361 g/mol. The summed E-state index contributed by atoms with van der Waals surface area (Å²) in [4.78, 5) is 12.2. The minimum absolute atomic E-state index is 0.124. The summed E-state index contributed by atoms with van der Waals surface area (Å²) >= 11 is 5.88. The number of benzene rings is 2. The summed E-state index contributed by atoms with van der Waals surface area (Å²) in [5.74, 6) is 1.04. The van der Waals surface area contributed by atoms with Gasteiger partial charge in [-0.25, -0.2) is 4.39 Å². The summed E-state index contributed by atoms with van der Waals surface area (Å²) in [5.41, 5.74) is 0.808. The average Bonchev–Trinajstić information content (AvgIpc) is 2.62. The molecule has 0 radical (unpaired) electrons. The van der Waals surface area contributed by atoms with Crippen molar-refractivity contribution in [3.63, 3.8) is 0 Å². The molecule has 2 rings (SSSR count). The van der Waals surface area contributed by atoms with Crippen LogP contribution in [0.3, 0.4) is 0 Å². The Labute approximate surface area is 157 Å². The lowest BCUT2D eigenvalue weighted by Crippen LogP contribution is -2.28. The van der Waals surface area contributed by atoms with Crippen molar-refractivity contribution in [2.45, 2.75) is 19.4 Å². The van der Waals surface area contributed by atoms with E-state index in [0.29, 0.717) is 17.2 Å². The van der Waals surface area contributed by atoms with Gasteiger partial charge in [-0.3, -0.25) is 4.79 Å². The highest BCUT2D eigenvalue weighted by atomic mass is 35.5. The van der Waals surface area contributed by atoms with Crippen LogP contribution < -0.4 is 19.5 Å². The van der Waals surface area contributed by atoms with Crippen molar-refractivity contribution >= 4 is 17.5 Å². The monoisotopic (exact) mass is 381 g/mol.